The Kier molecular flexibility index (Phi) is 4.03. The number of benzene rings is 2. The average Bonchev–Trinajstić information content (AvgIpc) is 2.52. The van der Waals surface area contributed by atoms with Crippen molar-refractivity contribution in [2.45, 2.75) is 6.54 Å². The summed E-state index contributed by atoms with van der Waals surface area (Å²) in [6, 6.07) is 4.36. The molecule has 0 aliphatic carbocycles. The largest absolute Gasteiger partial charge is 0.477 e. The molecule has 0 saturated carbocycles. The maximum atomic E-state index is 14.2. The molecule has 3 rings (SSSR count). The molecule has 0 aliphatic heterocycles. The van der Waals surface area contributed by atoms with E-state index in [4.69, 9.17) is 5.11 Å². The van der Waals surface area contributed by atoms with E-state index < -0.39 is 52.3 Å². The summed E-state index contributed by atoms with van der Waals surface area (Å²) in [6.45, 7) is -0.629. The molecule has 0 unspecified atom stereocenters. The van der Waals surface area contributed by atoms with Crippen LogP contribution in [0, 0.1) is 23.3 Å². The zero-order chi connectivity index (χ0) is 18.3. The molecule has 0 bridgehead atoms. The molecule has 128 valence electrons. The lowest BCUT2D eigenvalue weighted by atomic mass is 10.1. The molecule has 0 spiro atoms. The quantitative estimate of drug-likeness (QED) is 0.737. The van der Waals surface area contributed by atoms with Crippen LogP contribution in [0.5, 0.6) is 0 Å². The van der Waals surface area contributed by atoms with Crippen LogP contribution in [0.3, 0.4) is 0 Å². The van der Waals surface area contributed by atoms with Gasteiger partial charge in [-0.15, -0.1) is 0 Å². The molecule has 1 N–H and O–H groups in total. The molecule has 0 saturated heterocycles. The SMILES string of the molecule is O=C(O)c1cn(Cc2c(F)cc(F)cc2F)c2c(F)cccc2c1=O. The van der Waals surface area contributed by atoms with Gasteiger partial charge in [-0.05, 0) is 12.1 Å². The second kappa shape index (κ2) is 6.04. The third-order valence-electron chi connectivity index (χ3n) is 3.71. The normalized spacial score (nSPS) is 11.0. The van der Waals surface area contributed by atoms with Gasteiger partial charge in [0.15, 0.2) is 0 Å². The Morgan fingerprint density at radius 3 is 2.28 bits per heavy atom. The summed E-state index contributed by atoms with van der Waals surface area (Å²) in [5.74, 6) is -5.98. The number of carbonyl (C=O) groups is 1. The monoisotopic (exact) mass is 351 g/mol. The summed E-state index contributed by atoms with van der Waals surface area (Å²) < 4.78 is 55.8. The van der Waals surface area contributed by atoms with Crippen LogP contribution in [0.15, 0.2) is 41.3 Å². The molecule has 3 aromatic rings. The fraction of sp³-hybridized carbons (Fsp3) is 0.0588. The van der Waals surface area contributed by atoms with Crippen LogP contribution in [0.25, 0.3) is 10.9 Å². The van der Waals surface area contributed by atoms with Gasteiger partial charge in [0.1, 0.15) is 28.8 Å². The zero-order valence-electron chi connectivity index (χ0n) is 12.4. The number of fused-ring (bicyclic) bond motifs is 1. The van der Waals surface area contributed by atoms with Crippen molar-refractivity contribution in [1.29, 1.82) is 0 Å². The summed E-state index contributed by atoms with van der Waals surface area (Å²) >= 11 is 0. The first kappa shape index (κ1) is 16.7. The Morgan fingerprint density at radius 2 is 1.68 bits per heavy atom. The lowest BCUT2D eigenvalue weighted by Gasteiger charge is -2.14. The summed E-state index contributed by atoms with van der Waals surface area (Å²) in [5.41, 5.74) is -2.49. The maximum Gasteiger partial charge on any atom is 0.341 e. The number of hydrogen-bond acceptors (Lipinski definition) is 2. The first-order chi connectivity index (χ1) is 11.8. The van der Waals surface area contributed by atoms with E-state index in [1.807, 2.05) is 0 Å². The van der Waals surface area contributed by atoms with Crippen LogP contribution >= 0.6 is 0 Å². The standard InChI is InChI=1S/C17H9F4NO3/c18-8-4-13(20)10(14(21)5-8)6-22-7-11(17(24)25)16(23)9-2-1-3-12(19)15(9)22/h1-5,7H,6H2,(H,24,25). The van der Waals surface area contributed by atoms with Crippen molar-refractivity contribution in [2.75, 3.05) is 0 Å². The van der Waals surface area contributed by atoms with Gasteiger partial charge in [0.2, 0.25) is 5.43 Å². The van der Waals surface area contributed by atoms with Crippen LogP contribution in [0.4, 0.5) is 17.6 Å². The van der Waals surface area contributed by atoms with E-state index >= 15 is 0 Å². The van der Waals surface area contributed by atoms with E-state index in [-0.39, 0.29) is 10.9 Å². The number of halogens is 4. The minimum Gasteiger partial charge on any atom is -0.477 e. The average molecular weight is 351 g/mol. The number of carboxylic acid groups (broad SMARTS) is 1. The molecule has 0 aliphatic rings. The van der Waals surface area contributed by atoms with Crippen LogP contribution in [0.2, 0.25) is 0 Å². The Hall–Kier alpha value is -3.16. The van der Waals surface area contributed by atoms with E-state index in [1.54, 1.807) is 0 Å². The molecule has 25 heavy (non-hydrogen) atoms. The number of nitrogens with zero attached hydrogens (tertiary/aromatic N) is 1. The van der Waals surface area contributed by atoms with Gasteiger partial charge in [-0.25, -0.2) is 22.4 Å². The zero-order valence-corrected chi connectivity index (χ0v) is 12.4. The molecule has 0 atom stereocenters. The molecule has 1 aromatic heterocycles. The summed E-state index contributed by atoms with van der Waals surface area (Å²) in [6.07, 6.45) is 0.804. The third-order valence-corrected chi connectivity index (χ3v) is 3.71. The molecule has 0 amide bonds. The topological polar surface area (TPSA) is 59.3 Å². The molecular weight excluding hydrogens is 342 g/mol. The summed E-state index contributed by atoms with van der Waals surface area (Å²) in [4.78, 5) is 23.4. The number of pyridine rings is 1. The minimum absolute atomic E-state index is 0.247. The minimum atomic E-state index is -1.56. The van der Waals surface area contributed by atoms with Crippen molar-refractivity contribution in [3.8, 4) is 0 Å². The molecule has 1 heterocycles. The van der Waals surface area contributed by atoms with E-state index in [1.165, 1.54) is 12.1 Å². The van der Waals surface area contributed by atoms with E-state index in [9.17, 15) is 27.2 Å². The van der Waals surface area contributed by atoms with E-state index in [0.717, 1.165) is 16.8 Å². The second-order valence-corrected chi connectivity index (χ2v) is 5.29. The number of para-hydroxylation sites is 1. The first-order valence-corrected chi connectivity index (χ1v) is 6.98. The number of carboxylic acids is 1. The number of hydrogen-bond donors (Lipinski definition) is 1. The predicted octanol–water partition coefficient (Wildman–Crippen LogP) is 3.30. The van der Waals surface area contributed by atoms with Crippen molar-refractivity contribution >= 4 is 16.9 Å². The third kappa shape index (κ3) is 2.86. The highest BCUT2D eigenvalue weighted by Crippen LogP contribution is 2.21. The van der Waals surface area contributed by atoms with E-state index in [0.29, 0.717) is 12.1 Å². The Morgan fingerprint density at radius 1 is 1.04 bits per heavy atom. The fourth-order valence-corrected chi connectivity index (χ4v) is 2.59. The first-order valence-electron chi connectivity index (χ1n) is 6.98. The van der Waals surface area contributed by atoms with Crippen molar-refractivity contribution in [2.24, 2.45) is 0 Å². The van der Waals surface area contributed by atoms with Gasteiger partial charge < -0.3 is 9.67 Å². The highest BCUT2D eigenvalue weighted by molar-refractivity contribution is 5.92. The van der Waals surface area contributed by atoms with Gasteiger partial charge in [0, 0.05) is 29.3 Å². The van der Waals surface area contributed by atoms with Crippen LogP contribution in [0.1, 0.15) is 15.9 Å². The number of aromatic nitrogens is 1. The van der Waals surface area contributed by atoms with Gasteiger partial charge in [0.25, 0.3) is 0 Å². The van der Waals surface area contributed by atoms with E-state index in [2.05, 4.69) is 0 Å². The lowest BCUT2D eigenvalue weighted by molar-refractivity contribution is 0.0695. The fourth-order valence-electron chi connectivity index (χ4n) is 2.59. The van der Waals surface area contributed by atoms with Gasteiger partial charge in [-0.3, -0.25) is 4.79 Å². The van der Waals surface area contributed by atoms with Crippen molar-refractivity contribution < 1.29 is 27.5 Å². The number of rotatable bonds is 3. The Balaban J connectivity index is 2.31. The molecule has 8 heteroatoms. The molecule has 4 nitrogen and oxygen atoms in total. The lowest BCUT2D eigenvalue weighted by Crippen LogP contribution is -2.20. The Labute approximate surface area is 137 Å². The predicted molar refractivity (Wildman–Crippen MR) is 80.5 cm³/mol. The van der Waals surface area contributed by atoms with Crippen LogP contribution < -0.4 is 5.43 Å². The maximum absolute atomic E-state index is 14.2. The molecule has 2 aromatic carbocycles. The van der Waals surface area contributed by atoms with Gasteiger partial charge in [-0.2, -0.15) is 0 Å². The molecule has 0 fully saturated rings. The van der Waals surface area contributed by atoms with Crippen molar-refractivity contribution in [1.82, 2.24) is 4.57 Å². The van der Waals surface area contributed by atoms with Gasteiger partial charge >= 0.3 is 5.97 Å². The molecule has 0 radical (unpaired) electrons. The summed E-state index contributed by atoms with van der Waals surface area (Å²) in [5, 5.41) is 8.88. The smallest absolute Gasteiger partial charge is 0.341 e. The van der Waals surface area contributed by atoms with Crippen LogP contribution in [-0.2, 0) is 6.54 Å². The molecular formula is C17H9F4NO3. The second-order valence-electron chi connectivity index (χ2n) is 5.29. The van der Waals surface area contributed by atoms with Crippen LogP contribution in [-0.4, -0.2) is 15.6 Å². The highest BCUT2D eigenvalue weighted by atomic mass is 19.1. The van der Waals surface area contributed by atoms with Gasteiger partial charge in [-0.1, -0.05) is 6.07 Å². The van der Waals surface area contributed by atoms with Crippen molar-refractivity contribution in [3.63, 3.8) is 0 Å². The highest BCUT2D eigenvalue weighted by Gasteiger charge is 2.19. The van der Waals surface area contributed by atoms with Crippen molar-refractivity contribution in [3.05, 3.63) is 81.1 Å². The van der Waals surface area contributed by atoms with Gasteiger partial charge in [0.05, 0.1) is 12.1 Å². The summed E-state index contributed by atoms with van der Waals surface area (Å²) in [7, 11) is 0. The number of aromatic carboxylic acids is 1. The Bertz CT molecular complexity index is 1050.